The van der Waals surface area contributed by atoms with Crippen LogP contribution in [0.4, 0.5) is 5.69 Å². The van der Waals surface area contributed by atoms with Crippen molar-refractivity contribution in [2.45, 2.75) is 6.92 Å². The lowest BCUT2D eigenvalue weighted by atomic mass is 10.1. The number of hydrogen-bond acceptors (Lipinski definition) is 4. The van der Waals surface area contributed by atoms with Crippen molar-refractivity contribution in [2.24, 2.45) is 0 Å². The Morgan fingerprint density at radius 2 is 2.05 bits per heavy atom. The van der Waals surface area contributed by atoms with Gasteiger partial charge in [-0.2, -0.15) is 5.10 Å². The largest absolute Gasteiger partial charge is 0.397 e. The zero-order chi connectivity index (χ0) is 15.4. The summed E-state index contributed by atoms with van der Waals surface area (Å²) in [5.41, 5.74) is 7.76. The number of aromatic nitrogens is 2. The zero-order valence-corrected chi connectivity index (χ0v) is 11.9. The van der Waals surface area contributed by atoms with Crippen molar-refractivity contribution in [3.63, 3.8) is 0 Å². The highest BCUT2D eigenvalue weighted by atomic mass is 16.2. The van der Waals surface area contributed by atoms with Gasteiger partial charge >= 0.3 is 0 Å². The Balaban J connectivity index is 2.31. The molecule has 1 heterocycles. The van der Waals surface area contributed by atoms with E-state index >= 15 is 0 Å². The summed E-state index contributed by atoms with van der Waals surface area (Å²) in [6, 6.07) is 6.54. The standard InChI is InChI=1S/C14H17N5O2/c1-3-17-13(20)9-4-5-12(10(15)8-9)19-7-6-11(18-19)14(21)16-2/h4-8H,3,15H2,1-2H3,(H,16,21)(H,17,20). The summed E-state index contributed by atoms with van der Waals surface area (Å²) in [6.45, 7) is 2.40. The van der Waals surface area contributed by atoms with E-state index in [4.69, 9.17) is 5.73 Å². The first-order valence-electron chi connectivity index (χ1n) is 6.52. The minimum atomic E-state index is -0.272. The van der Waals surface area contributed by atoms with Crippen molar-refractivity contribution in [2.75, 3.05) is 19.3 Å². The maximum atomic E-state index is 11.7. The van der Waals surface area contributed by atoms with E-state index in [-0.39, 0.29) is 11.8 Å². The fraction of sp³-hybridized carbons (Fsp3) is 0.214. The molecule has 0 aliphatic heterocycles. The molecule has 0 unspecified atom stereocenters. The Morgan fingerprint density at radius 1 is 1.29 bits per heavy atom. The third kappa shape index (κ3) is 3.02. The van der Waals surface area contributed by atoms with E-state index in [1.165, 1.54) is 11.7 Å². The minimum Gasteiger partial charge on any atom is -0.397 e. The molecule has 0 atom stereocenters. The van der Waals surface area contributed by atoms with Crippen LogP contribution in [0.1, 0.15) is 27.8 Å². The maximum Gasteiger partial charge on any atom is 0.271 e. The molecule has 2 rings (SSSR count). The summed E-state index contributed by atoms with van der Waals surface area (Å²) in [6.07, 6.45) is 1.64. The molecule has 0 bridgehead atoms. The van der Waals surface area contributed by atoms with Crippen molar-refractivity contribution < 1.29 is 9.59 Å². The topological polar surface area (TPSA) is 102 Å². The number of carbonyl (C=O) groups excluding carboxylic acids is 2. The molecule has 0 saturated carbocycles. The Morgan fingerprint density at radius 3 is 2.67 bits per heavy atom. The fourth-order valence-electron chi connectivity index (χ4n) is 1.87. The lowest BCUT2D eigenvalue weighted by Gasteiger charge is -2.08. The van der Waals surface area contributed by atoms with Gasteiger partial charge in [-0.1, -0.05) is 0 Å². The predicted molar refractivity (Wildman–Crippen MR) is 79.4 cm³/mol. The van der Waals surface area contributed by atoms with Crippen LogP contribution in [0.25, 0.3) is 5.69 Å². The van der Waals surface area contributed by atoms with Gasteiger partial charge in [-0.25, -0.2) is 4.68 Å². The number of nitrogens with zero attached hydrogens (tertiary/aromatic N) is 2. The van der Waals surface area contributed by atoms with Crippen LogP contribution in [0.15, 0.2) is 30.5 Å². The molecule has 7 heteroatoms. The Labute approximate surface area is 122 Å². The molecule has 0 saturated heterocycles. The van der Waals surface area contributed by atoms with E-state index in [2.05, 4.69) is 15.7 Å². The number of carbonyl (C=O) groups is 2. The van der Waals surface area contributed by atoms with Crippen LogP contribution in [0, 0.1) is 0 Å². The summed E-state index contributed by atoms with van der Waals surface area (Å²) in [5, 5.41) is 9.35. The second-order valence-electron chi connectivity index (χ2n) is 4.36. The van der Waals surface area contributed by atoms with Crippen LogP contribution < -0.4 is 16.4 Å². The van der Waals surface area contributed by atoms with Crippen molar-refractivity contribution in [3.8, 4) is 5.69 Å². The smallest absolute Gasteiger partial charge is 0.271 e. The number of rotatable bonds is 4. The molecule has 7 nitrogen and oxygen atoms in total. The van der Waals surface area contributed by atoms with Crippen molar-refractivity contribution in [3.05, 3.63) is 41.7 Å². The maximum absolute atomic E-state index is 11.7. The Bertz CT molecular complexity index is 678. The minimum absolute atomic E-state index is 0.178. The monoisotopic (exact) mass is 287 g/mol. The first kappa shape index (κ1) is 14.6. The average molecular weight is 287 g/mol. The van der Waals surface area contributed by atoms with Crippen molar-refractivity contribution in [1.29, 1.82) is 0 Å². The van der Waals surface area contributed by atoms with Gasteiger partial charge in [0.15, 0.2) is 5.69 Å². The van der Waals surface area contributed by atoms with Crippen LogP contribution in [0.2, 0.25) is 0 Å². The molecule has 0 fully saturated rings. The summed E-state index contributed by atoms with van der Waals surface area (Å²) < 4.78 is 1.50. The molecule has 1 aromatic heterocycles. The number of nitrogens with one attached hydrogen (secondary N) is 2. The first-order chi connectivity index (χ1) is 10.1. The molecule has 2 aromatic rings. The van der Waals surface area contributed by atoms with E-state index in [9.17, 15) is 9.59 Å². The van der Waals surface area contributed by atoms with Gasteiger partial charge in [0.25, 0.3) is 11.8 Å². The molecular formula is C14H17N5O2. The molecule has 0 radical (unpaired) electrons. The third-order valence-electron chi connectivity index (χ3n) is 2.92. The van der Waals surface area contributed by atoms with E-state index in [0.717, 1.165) is 0 Å². The van der Waals surface area contributed by atoms with Gasteiger partial charge in [0.05, 0.1) is 11.4 Å². The van der Waals surface area contributed by atoms with Gasteiger partial charge < -0.3 is 16.4 Å². The number of hydrogen-bond donors (Lipinski definition) is 3. The highest BCUT2D eigenvalue weighted by molar-refractivity contribution is 5.95. The Hall–Kier alpha value is -2.83. The molecular weight excluding hydrogens is 270 g/mol. The molecule has 21 heavy (non-hydrogen) atoms. The van der Waals surface area contributed by atoms with Crippen LogP contribution in [0.3, 0.4) is 0 Å². The molecule has 110 valence electrons. The number of amides is 2. The Kier molecular flexibility index (Phi) is 4.22. The van der Waals surface area contributed by atoms with Crippen LogP contribution in [-0.4, -0.2) is 35.2 Å². The normalized spacial score (nSPS) is 10.2. The zero-order valence-electron chi connectivity index (χ0n) is 11.9. The van der Waals surface area contributed by atoms with E-state index in [1.807, 2.05) is 6.92 Å². The molecule has 0 aliphatic carbocycles. The summed E-state index contributed by atoms with van der Waals surface area (Å²) in [5.74, 6) is -0.450. The lowest BCUT2D eigenvalue weighted by Crippen LogP contribution is -2.22. The van der Waals surface area contributed by atoms with Crippen LogP contribution in [-0.2, 0) is 0 Å². The van der Waals surface area contributed by atoms with Gasteiger partial charge in [0.1, 0.15) is 0 Å². The van der Waals surface area contributed by atoms with E-state index in [0.29, 0.717) is 29.2 Å². The molecule has 2 amide bonds. The van der Waals surface area contributed by atoms with Gasteiger partial charge in [0.2, 0.25) is 0 Å². The van der Waals surface area contributed by atoms with Gasteiger partial charge in [-0.05, 0) is 31.2 Å². The SMILES string of the molecule is CCNC(=O)c1ccc(-n2ccc(C(=O)NC)n2)c(N)c1. The van der Waals surface area contributed by atoms with Crippen molar-refractivity contribution >= 4 is 17.5 Å². The summed E-state index contributed by atoms with van der Waals surface area (Å²) in [4.78, 5) is 23.2. The number of anilines is 1. The quantitative estimate of drug-likeness (QED) is 0.715. The predicted octanol–water partition coefficient (Wildman–Crippen LogP) is 0.564. The van der Waals surface area contributed by atoms with Gasteiger partial charge in [-0.3, -0.25) is 9.59 Å². The highest BCUT2D eigenvalue weighted by Crippen LogP contribution is 2.18. The van der Waals surface area contributed by atoms with Crippen molar-refractivity contribution in [1.82, 2.24) is 20.4 Å². The lowest BCUT2D eigenvalue weighted by molar-refractivity contribution is 0.0949. The molecule has 0 aliphatic rings. The molecule has 4 N–H and O–H groups in total. The van der Waals surface area contributed by atoms with E-state index < -0.39 is 0 Å². The first-order valence-corrected chi connectivity index (χ1v) is 6.52. The van der Waals surface area contributed by atoms with Gasteiger partial charge in [-0.15, -0.1) is 0 Å². The summed E-state index contributed by atoms with van der Waals surface area (Å²) >= 11 is 0. The van der Waals surface area contributed by atoms with Crippen LogP contribution in [0.5, 0.6) is 0 Å². The number of nitrogens with two attached hydrogens (primary N) is 1. The van der Waals surface area contributed by atoms with Crippen LogP contribution >= 0.6 is 0 Å². The molecule has 1 aromatic carbocycles. The average Bonchev–Trinajstić information content (AvgIpc) is 2.96. The highest BCUT2D eigenvalue weighted by Gasteiger charge is 2.11. The molecule has 0 spiro atoms. The summed E-state index contributed by atoms with van der Waals surface area (Å²) in [7, 11) is 1.54. The second kappa shape index (κ2) is 6.08. The number of benzene rings is 1. The van der Waals surface area contributed by atoms with Gasteiger partial charge in [0, 0.05) is 25.4 Å². The number of nitrogen functional groups attached to an aromatic ring is 1. The third-order valence-corrected chi connectivity index (χ3v) is 2.92. The second-order valence-corrected chi connectivity index (χ2v) is 4.36. The fourth-order valence-corrected chi connectivity index (χ4v) is 1.87. The van der Waals surface area contributed by atoms with E-state index in [1.54, 1.807) is 30.5 Å².